The number of aromatic nitrogens is 2. The molecule has 4 aromatic rings. The third-order valence-electron chi connectivity index (χ3n) is 6.25. The van der Waals surface area contributed by atoms with E-state index in [4.69, 9.17) is 15.7 Å². The lowest BCUT2D eigenvalue weighted by Crippen LogP contribution is -2.31. The Bertz CT molecular complexity index is 1190. The van der Waals surface area contributed by atoms with E-state index in [-0.39, 0.29) is 5.91 Å². The fraction of sp³-hybridized carbons (Fsp3) is 0.286. The fourth-order valence-electron chi connectivity index (χ4n) is 4.32. The summed E-state index contributed by atoms with van der Waals surface area (Å²) in [6, 6.07) is 25.0. The van der Waals surface area contributed by atoms with Crippen molar-refractivity contribution in [2.75, 3.05) is 6.54 Å². The molecule has 4 radical (unpaired) electrons. The number of pyridine rings is 1. The highest BCUT2D eigenvalue weighted by Gasteiger charge is 2.20. The molecule has 1 N–H and O–H groups in total. The molecule has 2 aromatic carbocycles. The molecule has 0 bridgehead atoms. The van der Waals surface area contributed by atoms with E-state index in [1.807, 2.05) is 6.07 Å². The fourth-order valence-corrected chi connectivity index (χ4v) is 4.32. The molecular formula is C28H29B2N3O. The Morgan fingerprint density at radius 2 is 1.68 bits per heavy atom. The average Bonchev–Trinajstić information content (AvgIpc) is 3.26. The summed E-state index contributed by atoms with van der Waals surface area (Å²) < 4.78 is 2.42. The number of carbonyl (C=O) groups excluding carboxylic acids is 1. The number of unbranched alkanes of at least 4 members (excludes halogenated alkanes) is 3. The van der Waals surface area contributed by atoms with Crippen LogP contribution in [0, 0.1) is 0 Å². The molecule has 1 amide bonds. The number of fused-ring (bicyclic) bond motifs is 1. The van der Waals surface area contributed by atoms with Crippen molar-refractivity contribution in [1.29, 1.82) is 0 Å². The van der Waals surface area contributed by atoms with Gasteiger partial charge in [0.25, 0.3) is 0 Å². The SMILES string of the molecule is [B]C(C(=O)NCCCCCCn1c(-c2ccccc2)cc2ccccc21)C([B])c1cccnc1. The molecule has 0 fully saturated rings. The summed E-state index contributed by atoms with van der Waals surface area (Å²) in [7, 11) is 12.2. The number of nitrogens with one attached hydrogen (secondary N) is 1. The van der Waals surface area contributed by atoms with Gasteiger partial charge in [-0.25, -0.2) is 0 Å². The highest BCUT2D eigenvalue weighted by Crippen LogP contribution is 2.29. The van der Waals surface area contributed by atoms with Gasteiger partial charge >= 0.3 is 0 Å². The van der Waals surface area contributed by atoms with Gasteiger partial charge in [0.05, 0.1) is 15.7 Å². The maximum Gasteiger partial charge on any atom is 0.214 e. The summed E-state index contributed by atoms with van der Waals surface area (Å²) in [5.41, 5.74) is 4.53. The van der Waals surface area contributed by atoms with E-state index in [0.29, 0.717) is 6.54 Å². The van der Waals surface area contributed by atoms with Crippen LogP contribution in [-0.4, -0.2) is 37.7 Å². The number of para-hydroxylation sites is 1. The van der Waals surface area contributed by atoms with Crippen LogP contribution in [0.4, 0.5) is 0 Å². The first-order valence-electron chi connectivity index (χ1n) is 12.0. The third kappa shape index (κ3) is 5.80. The Kier molecular flexibility index (Phi) is 8.24. The maximum atomic E-state index is 12.4. The molecule has 0 aliphatic carbocycles. The Morgan fingerprint density at radius 1 is 0.912 bits per heavy atom. The second-order valence-electron chi connectivity index (χ2n) is 8.65. The summed E-state index contributed by atoms with van der Waals surface area (Å²) in [5, 5.41) is 4.19. The summed E-state index contributed by atoms with van der Waals surface area (Å²) >= 11 is 0. The van der Waals surface area contributed by atoms with Crippen LogP contribution >= 0.6 is 0 Å². The maximum absolute atomic E-state index is 12.4. The van der Waals surface area contributed by atoms with Crippen LogP contribution in [0.15, 0.2) is 85.2 Å². The van der Waals surface area contributed by atoms with Crippen molar-refractivity contribution in [3.63, 3.8) is 0 Å². The van der Waals surface area contributed by atoms with Gasteiger partial charge in [-0.05, 0) is 53.8 Å². The molecule has 2 aromatic heterocycles. The van der Waals surface area contributed by atoms with Crippen LogP contribution in [0.1, 0.15) is 37.1 Å². The zero-order valence-corrected chi connectivity index (χ0v) is 19.4. The van der Waals surface area contributed by atoms with Crippen molar-refractivity contribution < 1.29 is 4.79 Å². The molecule has 0 saturated carbocycles. The highest BCUT2D eigenvalue weighted by molar-refractivity contribution is 6.30. The molecule has 34 heavy (non-hydrogen) atoms. The van der Waals surface area contributed by atoms with Crippen molar-refractivity contribution >= 4 is 32.5 Å². The molecule has 4 nitrogen and oxygen atoms in total. The van der Waals surface area contributed by atoms with Crippen LogP contribution in [0.5, 0.6) is 0 Å². The summed E-state index contributed by atoms with van der Waals surface area (Å²) in [6.45, 7) is 1.57. The van der Waals surface area contributed by atoms with Gasteiger partial charge in [-0.3, -0.25) is 9.78 Å². The van der Waals surface area contributed by atoms with Gasteiger partial charge in [-0.15, -0.1) is 0 Å². The van der Waals surface area contributed by atoms with Crippen molar-refractivity contribution in [3.8, 4) is 11.3 Å². The minimum absolute atomic E-state index is 0.220. The van der Waals surface area contributed by atoms with Gasteiger partial charge in [0.15, 0.2) is 0 Å². The van der Waals surface area contributed by atoms with Crippen LogP contribution in [0.2, 0.25) is 5.82 Å². The van der Waals surface area contributed by atoms with Gasteiger partial charge < -0.3 is 9.88 Å². The molecule has 0 aliphatic heterocycles. The van der Waals surface area contributed by atoms with Crippen molar-refractivity contribution in [2.45, 2.75) is 43.9 Å². The lowest BCUT2D eigenvalue weighted by atomic mass is 9.63. The van der Waals surface area contributed by atoms with Gasteiger partial charge in [0.2, 0.25) is 5.91 Å². The lowest BCUT2D eigenvalue weighted by molar-refractivity contribution is -0.121. The van der Waals surface area contributed by atoms with E-state index in [0.717, 1.165) is 37.8 Å². The molecule has 2 heterocycles. The van der Waals surface area contributed by atoms with Crippen LogP contribution in [0.25, 0.3) is 22.2 Å². The molecule has 0 spiro atoms. The standard InChI is InChI=1S/C28H29B2N3O/c29-26(23-14-10-16-31-20-23)27(30)28(34)32-17-8-1-2-9-18-33-24-15-7-6-13-22(24)19-25(33)21-11-4-3-5-12-21/h3-7,10-16,19-20,26-27H,1-2,8-9,17-18H2,(H,32,34). The van der Waals surface area contributed by atoms with Gasteiger partial charge in [-0.1, -0.05) is 67.4 Å². The number of rotatable bonds is 11. The number of hydrogen-bond acceptors (Lipinski definition) is 2. The Morgan fingerprint density at radius 3 is 2.47 bits per heavy atom. The lowest BCUT2D eigenvalue weighted by Gasteiger charge is -2.20. The zero-order chi connectivity index (χ0) is 23.8. The first kappa shape index (κ1) is 23.9. The number of hydrogen-bond donors (Lipinski definition) is 1. The van der Waals surface area contributed by atoms with Crippen LogP contribution < -0.4 is 5.32 Å². The van der Waals surface area contributed by atoms with E-state index >= 15 is 0 Å². The highest BCUT2D eigenvalue weighted by atomic mass is 16.1. The van der Waals surface area contributed by atoms with Crippen molar-refractivity contribution in [1.82, 2.24) is 14.9 Å². The van der Waals surface area contributed by atoms with Gasteiger partial charge in [0, 0.05) is 42.1 Å². The topological polar surface area (TPSA) is 46.9 Å². The van der Waals surface area contributed by atoms with Crippen molar-refractivity contribution in [2.24, 2.45) is 0 Å². The predicted octanol–water partition coefficient (Wildman–Crippen LogP) is 5.25. The molecule has 4 rings (SSSR count). The zero-order valence-electron chi connectivity index (χ0n) is 19.4. The van der Waals surface area contributed by atoms with E-state index in [9.17, 15) is 4.79 Å². The Hall–Kier alpha value is -3.27. The molecular weight excluding hydrogens is 416 g/mol. The number of aryl methyl sites for hydroxylation is 1. The van der Waals surface area contributed by atoms with E-state index < -0.39 is 11.6 Å². The molecule has 2 atom stereocenters. The normalized spacial score (nSPS) is 12.9. The van der Waals surface area contributed by atoms with Gasteiger partial charge in [0.1, 0.15) is 0 Å². The molecule has 2 unspecified atom stereocenters. The monoisotopic (exact) mass is 445 g/mol. The summed E-state index contributed by atoms with van der Waals surface area (Å²) in [4.78, 5) is 16.4. The summed E-state index contributed by atoms with van der Waals surface area (Å²) in [6.07, 6.45) is 7.45. The third-order valence-corrected chi connectivity index (χ3v) is 6.25. The van der Waals surface area contributed by atoms with Crippen LogP contribution in [0.3, 0.4) is 0 Å². The number of benzene rings is 2. The number of nitrogens with zero attached hydrogens (tertiary/aromatic N) is 2. The first-order valence-corrected chi connectivity index (χ1v) is 12.0. The molecule has 0 saturated heterocycles. The Labute approximate surface area is 204 Å². The largest absolute Gasteiger partial charge is 0.357 e. The van der Waals surface area contributed by atoms with E-state index in [2.05, 4.69) is 75.5 Å². The van der Waals surface area contributed by atoms with Gasteiger partial charge in [-0.2, -0.15) is 0 Å². The second-order valence-corrected chi connectivity index (χ2v) is 8.65. The number of amides is 1. The minimum Gasteiger partial charge on any atom is -0.357 e. The number of carbonyl (C=O) groups is 1. The molecule has 6 heteroatoms. The molecule has 0 aliphatic rings. The van der Waals surface area contributed by atoms with Crippen molar-refractivity contribution in [3.05, 3.63) is 90.8 Å². The Balaban J connectivity index is 1.23. The minimum atomic E-state index is -0.789. The summed E-state index contributed by atoms with van der Waals surface area (Å²) in [5.74, 6) is -1.57. The molecule has 168 valence electrons. The second kappa shape index (κ2) is 11.7. The predicted molar refractivity (Wildman–Crippen MR) is 141 cm³/mol. The average molecular weight is 445 g/mol. The van der Waals surface area contributed by atoms with E-state index in [1.165, 1.54) is 22.2 Å². The van der Waals surface area contributed by atoms with E-state index in [1.54, 1.807) is 18.5 Å². The smallest absolute Gasteiger partial charge is 0.214 e. The van der Waals surface area contributed by atoms with Crippen LogP contribution in [-0.2, 0) is 11.3 Å². The first-order chi connectivity index (χ1) is 16.6. The quantitative estimate of drug-likeness (QED) is 0.253.